The number of carbonyl (C=O) groups is 2. The van der Waals surface area contributed by atoms with E-state index in [-0.39, 0.29) is 28.5 Å². The third-order valence-electron chi connectivity index (χ3n) is 3.62. The number of rotatable bonds is 6. The van der Waals surface area contributed by atoms with Crippen molar-refractivity contribution >= 4 is 33.4 Å². The quantitative estimate of drug-likeness (QED) is 0.471. The number of hydrogen-bond donors (Lipinski definition) is 1. The maximum Gasteiger partial charge on any atom is 0.253 e. The lowest BCUT2D eigenvalue weighted by Crippen LogP contribution is -2.32. The summed E-state index contributed by atoms with van der Waals surface area (Å²) in [5, 5.41) is -0.202. The van der Waals surface area contributed by atoms with Crippen molar-refractivity contribution in [3.8, 4) is 0 Å². The van der Waals surface area contributed by atoms with E-state index in [1.54, 1.807) is 24.3 Å². The van der Waals surface area contributed by atoms with Gasteiger partial charge in [-0.05, 0) is 36.8 Å². The van der Waals surface area contributed by atoms with Crippen LogP contribution >= 0.6 is 0 Å². The number of aromatic nitrogens is 1. The number of aldehydes is 1. The molecule has 0 unspecified atom stereocenters. The standard InChI is InChI=1S/C18H19N3O4S/c1-12(2)18(23)21(10-13-6-7-14(11-22)15(19)9-13)16-5-4-8-20-17(16)26(3,24)25/h4-9,11H,1,10,19H2,2-3H3. The van der Waals surface area contributed by atoms with Crippen LogP contribution < -0.4 is 10.6 Å². The Morgan fingerprint density at radius 1 is 1.35 bits per heavy atom. The van der Waals surface area contributed by atoms with E-state index in [4.69, 9.17) is 5.73 Å². The van der Waals surface area contributed by atoms with Crippen molar-refractivity contribution in [3.63, 3.8) is 0 Å². The number of hydrogen-bond acceptors (Lipinski definition) is 6. The lowest BCUT2D eigenvalue weighted by Gasteiger charge is -2.24. The predicted molar refractivity (Wildman–Crippen MR) is 99.6 cm³/mol. The van der Waals surface area contributed by atoms with Gasteiger partial charge in [0.1, 0.15) is 0 Å². The molecule has 0 radical (unpaired) electrons. The lowest BCUT2D eigenvalue weighted by molar-refractivity contribution is -0.115. The Morgan fingerprint density at radius 2 is 2.04 bits per heavy atom. The second-order valence-corrected chi connectivity index (χ2v) is 7.78. The molecule has 1 heterocycles. The molecule has 1 amide bonds. The van der Waals surface area contributed by atoms with Crippen LogP contribution in [0.25, 0.3) is 0 Å². The number of benzene rings is 1. The van der Waals surface area contributed by atoms with Crippen LogP contribution in [0.3, 0.4) is 0 Å². The van der Waals surface area contributed by atoms with E-state index in [1.165, 1.54) is 24.1 Å². The van der Waals surface area contributed by atoms with Gasteiger partial charge in [-0.1, -0.05) is 12.6 Å². The first-order valence-electron chi connectivity index (χ1n) is 7.61. The molecule has 0 atom stereocenters. The fourth-order valence-corrected chi connectivity index (χ4v) is 3.19. The molecule has 0 bridgehead atoms. The van der Waals surface area contributed by atoms with E-state index in [1.807, 2.05) is 0 Å². The molecule has 2 aromatic rings. The van der Waals surface area contributed by atoms with Gasteiger partial charge in [0.15, 0.2) is 21.1 Å². The van der Waals surface area contributed by atoms with Gasteiger partial charge in [-0.3, -0.25) is 9.59 Å². The van der Waals surface area contributed by atoms with Crippen molar-refractivity contribution in [3.05, 3.63) is 59.8 Å². The summed E-state index contributed by atoms with van der Waals surface area (Å²) in [6.07, 6.45) is 3.01. The SMILES string of the molecule is C=C(C)C(=O)N(Cc1ccc(C=O)c(N)c1)c1cccnc1S(C)(=O)=O. The second-order valence-electron chi connectivity index (χ2n) is 5.85. The van der Waals surface area contributed by atoms with Gasteiger partial charge in [0.2, 0.25) is 0 Å². The average Bonchev–Trinajstić information content (AvgIpc) is 2.58. The van der Waals surface area contributed by atoms with Gasteiger partial charge < -0.3 is 10.6 Å². The monoisotopic (exact) mass is 373 g/mol. The molecular formula is C18H19N3O4S. The Morgan fingerprint density at radius 3 is 2.58 bits per heavy atom. The predicted octanol–water partition coefficient (Wildman–Crippen LogP) is 1.99. The molecule has 2 N–H and O–H groups in total. The number of sulfone groups is 1. The zero-order chi connectivity index (χ0) is 19.5. The molecule has 2 rings (SSSR count). The first-order valence-corrected chi connectivity index (χ1v) is 9.50. The van der Waals surface area contributed by atoms with Crippen LogP contribution in [0, 0.1) is 0 Å². The van der Waals surface area contributed by atoms with Gasteiger partial charge in [-0.15, -0.1) is 0 Å². The average molecular weight is 373 g/mol. The van der Waals surface area contributed by atoms with Gasteiger partial charge in [-0.2, -0.15) is 0 Å². The molecular weight excluding hydrogens is 354 g/mol. The summed E-state index contributed by atoms with van der Waals surface area (Å²) in [5.41, 5.74) is 7.46. The lowest BCUT2D eigenvalue weighted by atomic mass is 10.1. The van der Waals surface area contributed by atoms with Crippen LogP contribution in [-0.4, -0.2) is 31.9 Å². The van der Waals surface area contributed by atoms with Crippen LogP contribution in [0.2, 0.25) is 0 Å². The van der Waals surface area contributed by atoms with E-state index in [0.29, 0.717) is 17.4 Å². The number of nitrogen functional groups attached to an aromatic ring is 1. The van der Waals surface area contributed by atoms with E-state index >= 15 is 0 Å². The molecule has 0 fully saturated rings. The van der Waals surface area contributed by atoms with E-state index in [0.717, 1.165) is 6.26 Å². The summed E-state index contributed by atoms with van der Waals surface area (Å²) in [6, 6.07) is 7.82. The van der Waals surface area contributed by atoms with Crippen LogP contribution in [-0.2, 0) is 21.2 Å². The minimum Gasteiger partial charge on any atom is -0.398 e. The maximum absolute atomic E-state index is 12.7. The topological polar surface area (TPSA) is 110 Å². The highest BCUT2D eigenvalue weighted by atomic mass is 32.2. The molecule has 1 aromatic carbocycles. The van der Waals surface area contributed by atoms with Crippen molar-refractivity contribution in [2.75, 3.05) is 16.9 Å². The van der Waals surface area contributed by atoms with Gasteiger partial charge >= 0.3 is 0 Å². The molecule has 1 aromatic heterocycles. The summed E-state index contributed by atoms with van der Waals surface area (Å²) >= 11 is 0. The van der Waals surface area contributed by atoms with E-state index < -0.39 is 15.7 Å². The molecule has 0 aliphatic rings. The molecule has 0 aliphatic heterocycles. The Balaban J connectivity index is 2.56. The summed E-state index contributed by atoms with van der Waals surface area (Å²) in [4.78, 5) is 28.8. The number of nitrogens with two attached hydrogens (primary N) is 1. The third-order valence-corrected chi connectivity index (χ3v) is 4.64. The molecule has 0 saturated carbocycles. The Hall–Kier alpha value is -3.00. The smallest absolute Gasteiger partial charge is 0.253 e. The maximum atomic E-state index is 12.7. The largest absolute Gasteiger partial charge is 0.398 e. The molecule has 7 nitrogen and oxygen atoms in total. The van der Waals surface area contributed by atoms with Gasteiger partial charge in [0.25, 0.3) is 5.91 Å². The van der Waals surface area contributed by atoms with Crippen LogP contribution in [0.15, 0.2) is 53.7 Å². The number of amides is 1. The molecule has 0 spiro atoms. The highest BCUT2D eigenvalue weighted by molar-refractivity contribution is 7.90. The van der Waals surface area contributed by atoms with E-state index in [9.17, 15) is 18.0 Å². The fraction of sp³-hybridized carbons (Fsp3) is 0.167. The fourth-order valence-electron chi connectivity index (χ4n) is 2.38. The number of nitrogens with zero attached hydrogens (tertiary/aromatic N) is 2. The van der Waals surface area contributed by atoms with Gasteiger partial charge in [-0.25, -0.2) is 13.4 Å². The molecule has 26 heavy (non-hydrogen) atoms. The number of pyridine rings is 1. The highest BCUT2D eigenvalue weighted by Crippen LogP contribution is 2.26. The highest BCUT2D eigenvalue weighted by Gasteiger charge is 2.24. The van der Waals surface area contributed by atoms with Crippen LogP contribution in [0.4, 0.5) is 11.4 Å². The Labute approximate surface area is 152 Å². The Kier molecular flexibility index (Phi) is 5.56. The summed E-state index contributed by atoms with van der Waals surface area (Å²) in [5.74, 6) is -0.444. The van der Waals surface area contributed by atoms with Crippen molar-refractivity contribution in [2.45, 2.75) is 18.5 Å². The first-order chi connectivity index (χ1) is 12.1. The summed E-state index contributed by atoms with van der Waals surface area (Å²) in [7, 11) is -3.65. The van der Waals surface area contributed by atoms with Crippen molar-refractivity contribution in [1.29, 1.82) is 0 Å². The van der Waals surface area contributed by atoms with Gasteiger partial charge in [0, 0.05) is 29.3 Å². The number of anilines is 2. The molecule has 136 valence electrons. The van der Waals surface area contributed by atoms with E-state index in [2.05, 4.69) is 11.6 Å². The summed E-state index contributed by atoms with van der Waals surface area (Å²) in [6.45, 7) is 5.23. The Bertz CT molecular complexity index is 984. The van der Waals surface area contributed by atoms with Crippen LogP contribution in [0.5, 0.6) is 0 Å². The van der Waals surface area contributed by atoms with Gasteiger partial charge in [0.05, 0.1) is 12.2 Å². The first kappa shape index (κ1) is 19.3. The van der Waals surface area contributed by atoms with Crippen molar-refractivity contribution in [1.82, 2.24) is 4.98 Å². The van der Waals surface area contributed by atoms with Crippen molar-refractivity contribution < 1.29 is 18.0 Å². The third kappa shape index (κ3) is 4.15. The minimum atomic E-state index is -3.65. The molecule has 0 saturated heterocycles. The normalized spacial score (nSPS) is 11.0. The minimum absolute atomic E-state index is 0.0449. The second kappa shape index (κ2) is 7.49. The summed E-state index contributed by atoms with van der Waals surface area (Å²) < 4.78 is 24.1. The number of carbonyl (C=O) groups excluding carboxylic acids is 2. The molecule has 0 aliphatic carbocycles. The zero-order valence-electron chi connectivity index (χ0n) is 14.5. The van der Waals surface area contributed by atoms with Crippen molar-refractivity contribution in [2.24, 2.45) is 0 Å². The van der Waals surface area contributed by atoms with Crippen LogP contribution in [0.1, 0.15) is 22.8 Å². The zero-order valence-corrected chi connectivity index (χ0v) is 15.3. The molecule has 8 heteroatoms.